The molecule has 1 aliphatic heterocycles. The molecule has 1 heterocycles. The minimum atomic E-state index is -3.61. The van der Waals surface area contributed by atoms with Crippen LogP contribution in [0.2, 0.25) is 5.02 Å². The van der Waals surface area contributed by atoms with Crippen LogP contribution in [0, 0.1) is 0 Å². The molecule has 0 radical (unpaired) electrons. The molecule has 0 aliphatic carbocycles. The highest BCUT2D eigenvalue weighted by Crippen LogP contribution is 2.23. The van der Waals surface area contributed by atoms with Crippen LogP contribution in [0.15, 0.2) is 23.1 Å². The van der Waals surface area contributed by atoms with Crippen molar-refractivity contribution in [3.05, 3.63) is 28.8 Å². The standard InChI is InChI=1S/C13H20ClN3O2S/c1-17-6-2-3-11(9-17)16-20(18,19)13-7-10(8-15)4-5-12(13)14/h4-5,7,11,16H,2-3,6,8-9,15H2,1H3. The van der Waals surface area contributed by atoms with Crippen LogP contribution in [-0.4, -0.2) is 39.5 Å². The average molecular weight is 318 g/mol. The molecule has 1 aromatic rings. The topological polar surface area (TPSA) is 75.4 Å². The first kappa shape index (κ1) is 15.7. The Morgan fingerprint density at radius 3 is 2.90 bits per heavy atom. The van der Waals surface area contributed by atoms with Crippen molar-refractivity contribution in [2.24, 2.45) is 5.73 Å². The van der Waals surface area contributed by atoms with E-state index in [2.05, 4.69) is 9.62 Å². The second kappa shape index (κ2) is 6.41. The van der Waals surface area contributed by atoms with Gasteiger partial charge in [-0.15, -0.1) is 0 Å². The Bertz CT molecular complexity index is 577. The fraction of sp³-hybridized carbons (Fsp3) is 0.538. The van der Waals surface area contributed by atoms with Gasteiger partial charge in [-0.2, -0.15) is 0 Å². The minimum absolute atomic E-state index is 0.0728. The highest BCUT2D eigenvalue weighted by atomic mass is 35.5. The number of hydrogen-bond acceptors (Lipinski definition) is 4. The number of halogens is 1. The summed E-state index contributed by atoms with van der Waals surface area (Å²) in [4.78, 5) is 2.23. The number of likely N-dealkylation sites (N-methyl/N-ethyl adjacent to an activating group) is 1. The highest BCUT2D eigenvalue weighted by Gasteiger charge is 2.25. The first-order valence-electron chi connectivity index (χ1n) is 6.62. The number of nitrogens with one attached hydrogen (secondary N) is 1. The molecule has 5 nitrogen and oxygen atoms in total. The molecule has 0 saturated carbocycles. The Hall–Kier alpha value is -0.660. The minimum Gasteiger partial charge on any atom is -0.326 e. The fourth-order valence-corrected chi connectivity index (χ4v) is 4.24. The summed E-state index contributed by atoms with van der Waals surface area (Å²) in [5.41, 5.74) is 6.30. The van der Waals surface area contributed by atoms with Crippen LogP contribution in [0.1, 0.15) is 18.4 Å². The number of benzene rings is 1. The summed E-state index contributed by atoms with van der Waals surface area (Å²) in [5.74, 6) is 0. The molecule has 112 valence electrons. The van der Waals surface area contributed by atoms with E-state index in [-0.39, 0.29) is 22.5 Å². The lowest BCUT2D eigenvalue weighted by atomic mass is 10.1. The number of sulfonamides is 1. The lowest BCUT2D eigenvalue weighted by molar-refractivity contribution is 0.242. The summed E-state index contributed by atoms with van der Waals surface area (Å²) in [7, 11) is -1.62. The van der Waals surface area contributed by atoms with Gasteiger partial charge in [-0.3, -0.25) is 0 Å². The number of nitrogens with zero attached hydrogens (tertiary/aromatic N) is 1. The number of hydrogen-bond donors (Lipinski definition) is 2. The fourth-order valence-electron chi connectivity index (χ4n) is 2.43. The van der Waals surface area contributed by atoms with E-state index in [1.54, 1.807) is 12.1 Å². The van der Waals surface area contributed by atoms with Crippen LogP contribution in [0.5, 0.6) is 0 Å². The van der Waals surface area contributed by atoms with Crippen molar-refractivity contribution in [2.75, 3.05) is 20.1 Å². The van der Waals surface area contributed by atoms with Crippen LogP contribution >= 0.6 is 11.6 Å². The van der Waals surface area contributed by atoms with E-state index in [4.69, 9.17) is 17.3 Å². The molecular weight excluding hydrogens is 298 g/mol. The molecule has 20 heavy (non-hydrogen) atoms. The maximum absolute atomic E-state index is 12.4. The molecule has 0 aromatic heterocycles. The van der Waals surface area contributed by atoms with Gasteiger partial charge in [-0.1, -0.05) is 17.7 Å². The summed E-state index contributed by atoms with van der Waals surface area (Å²) in [5, 5.41) is 0.221. The SMILES string of the molecule is CN1CCCC(NS(=O)(=O)c2cc(CN)ccc2Cl)C1. The Morgan fingerprint density at radius 2 is 2.25 bits per heavy atom. The smallest absolute Gasteiger partial charge is 0.242 e. The van der Waals surface area contributed by atoms with E-state index < -0.39 is 10.0 Å². The van der Waals surface area contributed by atoms with Gasteiger partial charge >= 0.3 is 0 Å². The highest BCUT2D eigenvalue weighted by molar-refractivity contribution is 7.89. The monoisotopic (exact) mass is 317 g/mol. The van der Waals surface area contributed by atoms with Crippen LogP contribution < -0.4 is 10.5 Å². The summed E-state index contributed by atoms with van der Waals surface area (Å²) in [6.45, 7) is 2.00. The lowest BCUT2D eigenvalue weighted by Crippen LogP contribution is -2.46. The molecule has 1 saturated heterocycles. The zero-order valence-electron chi connectivity index (χ0n) is 11.5. The Balaban J connectivity index is 2.21. The molecule has 2 rings (SSSR count). The van der Waals surface area contributed by atoms with Gasteiger partial charge < -0.3 is 10.6 Å². The van der Waals surface area contributed by atoms with Gasteiger partial charge in [0.15, 0.2) is 0 Å². The van der Waals surface area contributed by atoms with Crippen LogP contribution in [0.4, 0.5) is 0 Å². The Labute approximate surface area is 125 Å². The molecule has 1 aromatic carbocycles. The van der Waals surface area contributed by atoms with Crippen LogP contribution in [0.3, 0.4) is 0 Å². The number of piperidine rings is 1. The third-order valence-corrected chi connectivity index (χ3v) is 5.47. The molecule has 1 fully saturated rings. The summed E-state index contributed by atoms with van der Waals surface area (Å²) in [6, 6.07) is 4.77. The molecule has 0 spiro atoms. The molecule has 3 N–H and O–H groups in total. The normalized spacial score (nSPS) is 21.1. The molecule has 1 unspecified atom stereocenters. The van der Waals surface area contributed by atoms with E-state index in [0.717, 1.165) is 24.9 Å². The summed E-state index contributed by atoms with van der Waals surface area (Å²) < 4.78 is 27.6. The maximum Gasteiger partial charge on any atom is 0.242 e. The number of rotatable bonds is 4. The van der Waals surface area contributed by atoms with Crippen molar-refractivity contribution >= 4 is 21.6 Å². The summed E-state index contributed by atoms with van der Waals surface area (Å²) >= 11 is 6.01. The van der Waals surface area contributed by atoms with E-state index >= 15 is 0 Å². The maximum atomic E-state index is 12.4. The van der Waals surface area contributed by atoms with Gasteiger partial charge in [0.05, 0.1) is 5.02 Å². The predicted octanol–water partition coefficient (Wildman–Crippen LogP) is 1.17. The van der Waals surface area contributed by atoms with E-state index in [0.29, 0.717) is 6.54 Å². The predicted molar refractivity (Wildman–Crippen MR) is 80.2 cm³/mol. The average Bonchev–Trinajstić information content (AvgIpc) is 2.38. The Morgan fingerprint density at radius 1 is 1.50 bits per heavy atom. The van der Waals surface area contributed by atoms with Crippen molar-refractivity contribution in [3.63, 3.8) is 0 Å². The zero-order chi connectivity index (χ0) is 14.8. The second-order valence-electron chi connectivity index (χ2n) is 5.19. The van der Waals surface area contributed by atoms with Crippen molar-refractivity contribution in [1.29, 1.82) is 0 Å². The van der Waals surface area contributed by atoms with Gasteiger partial charge in [0, 0.05) is 19.1 Å². The number of nitrogens with two attached hydrogens (primary N) is 1. The largest absolute Gasteiger partial charge is 0.326 e. The van der Waals surface area contributed by atoms with E-state index in [1.165, 1.54) is 6.07 Å². The molecule has 7 heteroatoms. The molecule has 1 aliphatic rings. The molecular formula is C13H20ClN3O2S. The van der Waals surface area contributed by atoms with Crippen LogP contribution in [-0.2, 0) is 16.6 Å². The summed E-state index contributed by atoms with van der Waals surface area (Å²) in [6.07, 6.45) is 1.83. The van der Waals surface area contributed by atoms with Crippen molar-refractivity contribution in [2.45, 2.75) is 30.3 Å². The van der Waals surface area contributed by atoms with Gasteiger partial charge in [-0.05, 0) is 44.1 Å². The quantitative estimate of drug-likeness (QED) is 0.874. The third kappa shape index (κ3) is 3.71. The van der Waals surface area contributed by atoms with Crippen molar-refractivity contribution in [3.8, 4) is 0 Å². The molecule has 0 bridgehead atoms. The van der Waals surface area contributed by atoms with E-state index in [9.17, 15) is 8.42 Å². The van der Waals surface area contributed by atoms with Crippen LogP contribution in [0.25, 0.3) is 0 Å². The molecule has 0 amide bonds. The van der Waals surface area contributed by atoms with Crippen molar-refractivity contribution < 1.29 is 8.42 Å². The van der Waals surface area contributed by atoms with Crippen molar-refractivity contribution in [1.82, 2.24) is 9.62 Å². The lowest BCUT2D eigenvalue weighted by Gasteiger charge is -2.30. The van der Waals surface area contributed by atoms with Gasteiger partial charge in [0.1, 0.15) is 4.90 Å². The Kier molecular flexibility index (Phi) is 5.04. The van der Waals surface area contributed by atoms with Gasteiger partial charge in [-0.25, -0.2) is 13.1 Å². The van der Waals surface area contributed by atoms with Gasteiger partial charge in [0.2, 0.25) is 10.0 Å². The van der Waals surface area contributed by atoms with E-state index in [1.807, 2.05) is 7.05 Å². The first-order chi connectivity index (χ1) is 9.42. The zero-order valence-corrected chi connectivity index (χ0v) is 13.0. The second-order valence-corrected chi connectivity index (χ2v) is 7.28. The first-order valence-corrected chi connectivity index (χ1v) is 8.48. The molecule has 1 atom stereocenters. The number of likely N-dealkylation sites (tertiary alicyclic amines) is 1. The third-order valence-electron chi connectivity index (χ3n) is 3.47. The van der Waals surface area contributed by atoms with Gasteiger partial charge in [0.25, 0.3) is 0 Å².